The van der Waals surface area contributed by atoms with Crippen molar-refractivity contribution in [1.82, 2.24) is 57.8 Å². The number of ether oxygens (including phenoxy) is 1. The third kappa shape index (κ3) is 22.8. The highest BCUT2D eigenvalue weighted by atomic mass is 16.5. The minimum absolute atomic E-state index is 0.000930. The van der Waals surface area contributed by atoms with E-state index < -0.39 is 121 Å². The molecule has 9 amide bonds. The summed E-state index contributed by atoms with van der Waals surface area (Å²) in [5.41, 5.74) is 17.3. The number of esters is 1. The molecular formula is C45H71N15O12. The Morgan fingerprint density at radius 2 is 1.26 bits per heavy atom. The summed E-state index contributed by atoms with van der Waals surface area (Å²) in [5, 5.41) is 39.5. The van der Waals surface area contributed by atoms with Crippen LogP contribution >= 0.6 is 0 Å². The fourth-order valence-corrected chi connectivity index (χ4v) is 6.70. The number of imidazole rings is 1. The molecule has 27 heteroatoms. The van der Waals surface area contributed by atoms with Gasteiger partial charge < -0.3 is 79.9 Å². The average molecular weight is 1010 g/mol. The number of nitrogens with one attached hydrogen (secondary N) is 11. The second kappa shape index (κ2) is 31.5. The summed E-state index contributed by atoms with van der Waals surface area (Å²) in [6, 6.07) is -1.97. The normalized spacial score (nSPS) is 14.2. The number of nitrogens with two attached hydrogens (primary N) is 3. The molecular weight excluding hydrogens is 943 g/mol. The Morgan fingerprint density at radius 1 is 0.694 bits per heavy atom. The Hall–Kier alpha value is -7.68. The first-order valence-corrected chi connectivity index (χ1v) is 23.3. The van der Waals surface area contributed by atoms with E-state index in [-0.39, 0.29) is 70.0 Å². The van der Waals surface area contributed by atoms with Gasteiger partial charge in [0.2, 0.25) is 53.2 Å². The lowest BCUT2D eigenvalue weighted by Crippen LogP contribution is -2.60. The number of carbonyl (C=O) groups excluding carboxylic acids is 10. The second-order valence-corrected chi connectivity index (χ2v) is 17.2. The van der Waals surface area contributed by atoms with Gasteiger partial charge in [-0.15, -0.1) is 0 Å². The van der Waals surface area contributed by atoms with Crippen LogP contribution in [-0.2, 0) is 65.5 Å². The van der Waals surface area contributed by atoms with Gasteiger partial charge in [-0.2, -0.15) is 0 Å². The quantitative estimate of drug-likeness (QED) is 0.0142. The van der Waals surface area contributed by atoms with Crippen molar-refractivity contribution in [2.45, 2.75) is 128 Å². The molecule has 0 saturated carbocycles. The standard InChI is InChI=1S/C45H71N15O12/c1-6-72-44(71)26(5)54-36(63)21-52-39(66)33(18-27-11-8-7-9-12-27)59-43(70)34(19-28-20-50-23-53-28)60-40(67)30(13-10-16-51-45(48)49)57-42(69)32(17-24(2)3)58-41(68)31(14-15-35(47)62)56-37(64)25(4)55-38(65)29(46)22-61/h7-9,11-12,20,23-26,29-34,61H,6,10,13-19,21-22,46H2,1-5H3,(H2,47,62)(H,50,53)(H,52,66)(H,54,63)(H,55,65)(H,56,64)(H,57,69)(H,58,68)(H,59,70)(H,60,67)(H4,48,49,51)/t25-,26-,29-,30-,31-,32-,33-,34-/m0/s1. The maximum Gasteiger partial charge on any atom is 0.328 e. The van der Waals surface area contributed by atoms with Crippen LogP contribution in [0.1, 0.15) is 78.0 Å². The number of guanidine groups is 1. The van der Waals surface area contributed by atoms with Crippen molar-refractivity contribution in [3.8, 4) is 0 Å². The molecule has 72 heavy (non-hydrogen) atoms. The van der Waals surface area contributed by atoms with E-state index in [1.54, 1.807) is 51.1 Å². The first kappa shape index (κ1) is 60.4. The van der Waals surface area contributed by atoms with Crippen molar-refractivity contribution >= 4 is 65.1 Å². The molecule has 0 saturated heterocycles. The summed E-state index contributed by atoms with van der Waals surface area (Å²) in [5.74, 6) is -8.82. The van der Waals surface area contributed by atoms with Crippen molar-refractivity contribution in [2.24, 2.45) is 23.1 Å². The van der Waals surface area contributed by atoms with Gasteiger partial charge in [-0.1, -0.05) is 44.2 Å². The molecule has 0 aliphatic heterocycles. The lowest BCUT2D eigenvalue weighted by Gasteiger charge is -2.28. The van der Waals surface area contributed by atoms with E-state index in [1.807, 2.05) is 0 Å². The maximum atomic E-state index is 14.4. The van der Waals surface area contributed by atoms with E-state index in [2.05, 4.69) is 57.8 Å². The number of carbonyl (C=O) groups is 10. The summed E-state index contributed by atoms with van der Waals surface area (Å²) >= 11 is 0. The van der Waals surface area contributed by atoms with Crippen LogP contribution < -0.4 is 65.1 Å². The Bertz CT molecular complexity index is 2140. The van der Waals surface area contributed by atoms with Crippen molar-refractivity contribution in [3.63, 3.8) is 0 Å². The molecule has 2 aromatic rings. The largest absolute Gasteiger partial charge is 0.464 e. The maximum absolute atomic E-state index is 14.4. The molecule has 0 bridgehead atoms. The molecule has 1 aromatic carbocycles. The van der Waals surface area contributed by atoms with Gasteiger partial charge in [-0.3, -0.25) is 48.6 Å². The molecule has 1 heterocycles. The molecule has 8 atom stereocenters. The number of hydrogen-bond acceptors (Lipinski definition) is 15. The summed E-state index contributed by atoms with van der Waals surface area (Å²) in [6.45, 7) is 6.71. The van der Waals surface area contributed by atoms with Crippen LogP contribution in [0.5, 0.6) is 0 Å². The fraction of sp³-hybridized carbons (Fsp3) is 0.556. The van der Waals surface area contributed by atoms with Crippen LogP contribution in [0.4, 0.5) is 0 Å². The van der Waals surface area contributed by atoms with E-state index >= 15 is 0 Å². The van der Waals surface area contributed by atoms with Gasteiger partial charge in [0.1, 0.15) is 48.3 Å². The van der Waals surface area contributed by atoms with E-state index in [0.29, 0.717) is 11.3 Å². The van der Waals surface area contributed by atoms with E-state index in [0.717, 1.165) is 0 Å². The number of rotatable bonds is 32. The van der Waals surface area contributed by atoms with E-state index in [9.17, 15) is 53.1 Å². The number of aromatic nitrogens is 2. The highest BCUT2D eigenvalue weighted by Crippen LogP contribution is 2.11. The van der Waals surface area contributed by atoms with Gasteiger partial charge in [-0.05, 0) is 57.9 Å². The average Bonchev–Trinajstić information content (AvgIpc) is 3.85. The highest BCUT2D eigenvalue weighted by molar-refractivity contribution is 5.98. The summed E-state index contributed by atoms with van der Waals surface area (Å²) < 4.78 is 4.91. The Kier molecular flexibility index (Phi) is 26.5. The van der Waals surface area contributed by atoms with Gasteiger partial charge in [-0.25, -0.2) is 9.78 Å². The Labute approximate surface area is 416 Å². The lowest BCUT2D eigenvalue weighted by molar-refractivity contribution is -0.146. The van der Waals surface area contributed by atoms with Gasteiger partial charge in [0.15, 0.2) is 5.96 Å². The molecule has 0 aliphatic carbocycles. The second-order valence-electron chi connectivity index (χ2n) is 17.2. The number of nitrogens with zero attached hydrogens (tertiary/aromatic N) is 1. The van der Waals surface area contributed by atoms with Crippen molar-refractivity contribution in [2.75, 3.05) is 26.3 Å². The minimum atomic E-state index is -1.46. The van der Waals surface area contributed by atoms with Crippen LogP contribution in [-0.4, -0.2) is 155 Å². The van der Waals surface area contributed by atoms with Crippen LogP contribution in [0.25, 0.3) is 0 Å². The van der Waals surface area contributed by atoms with E-state index in [1.165, 1.54) is 26.4 Å². The topological polar surface area (TPSA) is 439 Å². The van der Waals surface area contributed by atoms with Crippen molar-refractivity contribution in [3.05, 3.63) is 54.1 Å². The molecule has 0 spiro atoms. The molecule has 0 radical (unpaired) electrons. The third-order valence-electron chi connectivity index (χ3n) is 10.5. The summed E-state index contributed by atoms with van der Waals surface area (Å²) in [6.07, 6.45) is 1.90. The van der Waals surface area contributed by atoms with Gasteiger partial charge in [0, 0.05) is 32.0 Å². The molecule has 0 aliphatic rings. The molecule has 1 aromatic heterocycles. The predicted octanol–water partition coefficient (Wildman–Crippen LogP) is -4.80. The first-order chi connectivity index (χ1) is 34.0. The minimum Gasteiger partial charge on any atom is -0.464 e. The number of amides is 9. The molecule has 27 nitrogen and oxygen atoms in total. The number of aromatic amines is 1. The Balaban J connectivity index is 2.44. The van der Waals surface area contributed by atoms with Gasteiger partial charge >= 0.3 is 5.97 Å². The number of H-pyrrole nitrogens is 1. The molecule has 18 N–H and O–H groups in total. The fourth-order valence-electron chi connectivity index (χ4n) is 6.70. The Morgan fingerprint density at radius 3 is 1.83 bits per heavy atom. The zero-order chi connectivity index (χ0) is 53.9. The lowest BCUT2D eigenvalue weighted by atomic mass is 10.0. The first-order valence-electron chi connectivity index (χ1n) is 23.3. The summed E-state index contributed by atoms with van der Waals surface area (Å²) in [4.78, 5) is 139. The van der Waals surface area contributed by atoms with Crippen molar-refractivity contribution in [1.29, 1.82) is 5.41 Å². The monoisotopic (exact) mass is 1010 g/mol. The van der Waals surface area contributed by atoms with Crippen LogP contribution in [0.2, 0.25) is 0 Å². The van der Waals surface area contributed by atoms with Crippen LogP contribution in [0.15, 0.2) is 42.9 Å². The van der Waals surface area contributed by atoms with Crippen LogP contribution in [0, 0.1) is 11.3 Å². The van der Waals surface area contributed by atoms with Gasteiger partial charge in [0.05, 0.1) is 31.8 Å². The number of aliphatic hydroxyl groups excluding tert-OH is 1. The smallest absolute Gasteiger partial charge is 0.328 e. The zero-order valence-corrected chi connectivity index (χ0v) is 41.1. The molecule has 0 fully saturated rings. The number of hydrogen-bond donors (Lipinski definition) is 15. The van der Waals surface area contributed by atoms with E-state index in [4.69, 9.17) is 27.3 Å². The highest BCUT2D eigenvalue weighted by Gasteiger charge is 2.34. The SMILES string of the molecule is CCOC(=O)[C@H](C)NC(=O)CNC(=O)[C@H](Cc1ccccc1)NC(=O)[C@H](Cc1c[nH]cn1)NC(=O)[C@H](CCCNC(=N)N)NC(=O)[C@H](CC(C)C)NC(=O)[C@H](CCC(N)=O)NC(=O)[C@H](C)NC(=O)[C@@H](N)CO. The third-order valence-corrected chi connectivity index (χ3v) is 10.5. The zero-order valence-electron chi connectivity index (χ0n) is 41.1. The predicted molar refractivity (Wildman–Crippen MR) is 259 cm³/mol. The number of benzene rings is 1. The molecule has 0 unspecified atom stereocenters. The number of aliphatic hydroxyl groups is 1. The summed E-state index contributed by atoms with van der Waals surface area (Å²) in [7, 11) is 0. The van der Waals surface area contributed by atoms with Crippen molar-refractivity contribution < 1.29 is 57.8 Å². The number of primary amides is 1. The molecule has 2 rings (SSSR count). The van der Waals surface area contributed by atoms with Gasteiger partial charge in [0.25, 0.3) is 0 Å². The van der Waals surface area contributed by atoms with Crippen LogP contribution in [0.3, 0.4) is 0 Å². The molecule has 398 valence electrons.